The Labute approximate surface area is 155 Å². The maximum Gasteiger partial charge on any atom is 0.416 e. The Balaban J connectivity index is 1.62. The molecule has 0 bridgehead atoms. The van der Waals surface area contributed by atoms with Gasteiger partial charge in [0.25, 0.3) is 0 Å². The highest BCUT2D eigenvalue weighted by Gasteiger charge is 2.30. The second-order valence-electron chi connectivity index (χ2n) is 5.34. The molecular weight excluding hydrogens is 381 g/mol. The third kappa shape index (κ3) is 5.03. The van der Waals surface area contributed by atoms with Crippen molar-refractivity contribution in [2.75, 3.05) is 5.32 Å². The van der Waals surface area contributed by atoms with Gasteiger partial charge < -0.3 is 0 Å². The van der Waals surface area contributed by atoms with Crippen LogP contribution in [0.15, 0.2) is 54.1 Å². The zero-order valence-corrected chi connectivity index (χ0v) is 14.9. The second-order valence-corrected chi connectivity index (χ2v) is 7.44. The number of carbonyl (C=O) groups is 1. The lowest BCUT2D eigenvalue weighted by Gasteiger charge is -2.07. The summed E-state index contributed by atoms with van der Waals surface area (Å²) in [7, 11) is 0. The molecular formula is C18H13F3N2OS2. The van der Waals surface area contributed by atoms with E-state index in [0.29, 0.717) is 17.1 Å². The van der Waals surface area contributed by atoms with Gasteiger partial charge in [-0.05, 0) is 29.2 Å². The Bertz CT molecular complexity index is 915. The van der Waals surface area contributed by atoms with Crippen molar-refractivity contribution in [1.82, 2.24) is 4.98 Å². The number of alkyl halides is 3. The molecule has 8 heteroatoms. The minimum atomic E-state index is -4.36. The fourth-order valence-electron chi connectivity index (χ4n) is 2.20. The van der Waals surface area contributed by atoms with E-state index in [1.165, 1.54) is 34.8 Å². The Kier molecular flexibility index (Phi) is 5.53. The van der Waals surface area contributed by atoms with Gasteiger partial charge in [-0.15, -0.1) is 22.7 Å². The molecule has 2 aromatic heterocycles. The van der Waals surface area contributed by atoms with Gasteiger partial charge >= 0.3 is 6.18 Å². The molecule has 0 aliphatic heterocycles. The van der Waals surface area contributed by atoms with Gasteiger partial charge in [-0.3, -0.25) is 10.1 Å². The highest BCUT2D eigenvalue weighted by molar-refractivity contribution is 7.15. The number of nitrogens with zero attached hydrogens (tertiary/aromatic N) is 1. The summed E-state index contributed by atoms with van der Waals surface area (Å²) < 4.78 is 38.3. The Hall–Kier alpha value is -2.45. The number of benzene rings is 1. The van der Waals surface area contributed by atoms with E-state index in [2.05, 4.69) is 10.3 Å². The monoisotopic (exact) mass is 394 g/mol. The molecule has 0 unspecified atom stereocenters. The van der Waals surface area contributed by atoms with Crippen molar-refractivity contribution in [2.45, 2.75) is 12.6 Å². The topological polar surface area (TPSA) is 42.0 Å². The van der Waals surface area contributed by atoms with E-state index in [1.54, 1.807) is 18.3 Å². The summed E-state index contributed by atoms with van der Waals surface area (Å²) in [4.78, 5) is 17.7. The van der Waals surface area contributed by atoms with Crippen molar-refractivity contribution in [2.24, 2.45) is 0 Å². The van der Waals surface area contributed by atoms with E-state index in [1.807, 2.05) is 17.5 Å². The molecule has 2 heterocycles. The predicted octanol–water partition coefficient (Wildman–Crippen LogP) is 5.47. The number of aromatic nitrogens is 1. The maximum atomic E-state index is 12.8. The SMILES string of the molecule is O=C(C=Cc1cccs1)Nc1ncc(Cc2cccc(C(F)(F)F)c2)s1. The van der Waals surface area contributed by atoms with Crippen LogP contribution in [0.3, 0.4) is 0 Å². The van der Waals surface area contributed by atoms with Crippen LogP contribution in [0.5, 0.6) is 0 Å². The van der Waals surface area contributed by atoms with Crippen molar-refractivity contribution in [3.8, 4) is 0 Å². The van der Waals surface area contributed by atoms with Crippen molar-refractivity contribution in [3.05, 3.63) is 74.9 Å². The number of thiazole rings is 1. The van der Waals surface area contributed by atoms with E-state index in [9.17, 15) is 18.0 Å². The van der Waals surface area contributed by atoms with Crippen molar-refractivity contribution < 1.29 is 18.0 Å². The molecule has 3 nitrogen and oxygen atoms in total. The standard InChI is InChI=1S/C18H13F3N2OS2/c19-18(20,21)13-4-1-3-12(9-13)10-15-11-22-17(26-15)23-16(24)7-6-14-5-2-8-25-14/h1-9,11H,10H2,(H,22,23,24). The zero-order valence-electron chi connectivity index (χ0n) is 13.3. The number of rotatable bonds is 5. The van der Waals surface area contributed by atoms with Crippen LogP contribution in [0.4, 0.5) is 18.3 Å². The maximum absolute atomic E-state index is 12.8. The number of anilines is 1. The number of thiophene rings is 1. The van der Waals surface area contributed by atoms with Crippen LogP contribution in [0, 0.1) is 0 Å². The molecule has 0 fully saturated rings. The molecule has 0 atom stereocenters. The van der Waals surface area contributed by atoms with E-state index in [4.69, 9.17) is 0 Å². The third-order valence-corrected chi connectivity index (χ3v) is 5.11. The molecule has 26 heavy (non-hydrogen) atoms. The summed E-state index contributed by atoms with van der Waals surface area (Å²) in [5, 5.41) is 4.98. The fraction of sp³-hybridized carbons (Fsp3) is 0.111. The number of halogens is 3. The van der Waals surface area contributed by atoms with Crippen LogP contribution in [0.1, 0.15) is 20.9 Å². The summed E-state index contributed by atoms with van der Waals surface area (Å²) in [6.07, 6.45) is 0.640. The summed E-state index contributed by atoms with van der Waals surface area (Å²) >= 11 is 2.76. The van der Waals surface area contributed by atoms with Crippen LogP contribution in [0.25, 0.3) is 6.08 Å². The number of hydrogen-bond donors (Lipinski definition) is 1. The quantitative estimate of drug-likeness (QED) is 0.584. The lowest BCUT2D eigenvalue weighted by atomic mass is 10.1. The number of amides is 1. The Morgan fingerprint density at radius 1 is 1.23 bits per heavy atom. The number of carbonyl (C=O) groups excluding carboxylic acids is 1. The number of nitrogens with one attached hydrogen (secondary N) is 1. The van der Waals surface area contributed by atoms with Crippen molar-refractivity contribution >= 4 is 39.8 Å². The first-order valence-electron chi connectivity index (χ1n) is 7.53. The molecule has 134 valence electrons. The van der Waals surface area contributed by atoms with Gasteiger partial charge in [0.15, 0.2) is 5.13 Å². The van der Waals surface area contributed by atoms with Crippen LogP contribution in [0.2, 0.25) is 0 Å². The Morgan fingerprint density at radius 2 is 2.08 bits per heavy atom. The van der Waals surface area contributed by atoms with Gasteiger partial charge in [0.2, 0.25) is 5.91 Å². The van der Waals surface area contributed by atoms with E-state index < -0.39 is 11.7 Å². The molecule has 3 rings (SSSR count). The van der Waals surface area contributed by atoms with E-state index >= 15 is 0 Å². The molecule has 1 N–H and O–H groups in total. The average Bonchev–Trinajstić information content (AvgIpc) is 3.24. The number of hydrogen-bond acceptors (Lipinski definition) is 4. The molecule has 0 radical (unpaired) electrons. The molecule has 0 saturated carbocycles. The van der Waals surface area contributed by atoms with Gasteiger partial charge in [-0.2, -0.15) is 13.2 Å². The van der Waals surface area contributed by atoms with Gasteiger partial charge in [-0.25, -0.2) is 4.98 Å². The molecule has 0 saturated heterocycles. The fourth-order valence-corrected chi connectivity index (χ4v) is 3.66. The van der Waals surface area contributed by atoms with Gasteiger partial charge in [-0.1, -0.05) is 24.3 Å². The highest BCUT2D eigenvalue weighted by Crippen LogP contribution is 2.30. The van der Waals surface area contributed by atoms with Crippen LogP contribution >= 0.6 is 22.7 Å². The Morgan fingerprint density at radius 3 is 2.81 bits per heavy atom. The summed E-state index contributed by atoms with van der Waals surface area (Å²) in [6, 6.07) is 8.98. The molecule has 0 spiro atoms. The minimum absolute atomic E-state index is 0.307. The van der Waals surface area contributed by atoms with Gasteiger partial charge in [0.05, 0.1) is 5.56 Å². The summed E-state index contributed by atoms with van der Waals surface area (Å²) in [5.74, 6) is -0.307. The smallest absolute Gasteiger partial charge is 0.298 e. The molecule has 3 aromatic rings. The molecule has 0 aliphatic rings. The molecule has 1 amide bonds. The van der Waals surface area contributed by atoms with Crippen LogP contribution in [-0.4, -0.2) is 10.9 Å². The molecule has 1 aromatic carbocycles. The zero-order chi connectivity index (χ0) is 18.6. The third-order valence-electron chi connectivity index (χ3n) is 3.36. The van der Waals surface area contributed by atoms with Crippen molar-refractivity contribution in [1.29, 1.82) is 0 Å². The predicted molar refractivity (Wildman–Crippen MR) is 98.3 cm³/mol. The lowest BCUT2D eigenvalue weighted by Crippen LogP contribution is -2.06. The normalized spacial score (nSPS) is 11.8. The summed E-state index contributed by atoms with van der Waals surface area (Å²) in [6.45, 7) is 0. The lowest BCUT2D eigenvalue weighted by molar-refractivity contribution is -0.137. The van der Waals surface area contributed by atoms with Crippen molar-refractivity contribution in [3.63, 3.8) is 0 Å². The first-order chi connectivity index (χ1) is 12.4. The van der Waals surface area contributed by atoms with E-state index in [0.717, 1.165) is 21.9 Å². The van der Waals surface area contributed by atoms with Gasteiger partial charge in [0, 0.05) is 28.4 Å². The van der Waals surface area contributed by atoms with Crippen LogP contribution < -0.4 is 5.32 Å². The van der Waals surface area contributed by atoms with E-state index in [-0.39, 0.29) is 5.91 Å². The average molecular weight is 394 g/mol. The van der Waals surface area contributed by atoms with Crippen LogP contribution in [-0.2, 0) is 17.4 Å². The largest absolute Gasteiger partial charge is 0.416 e. The second kappa shape index (κ2) is 7.84. The summed E-state index contributed by atoms with van der Waals surface area (Å²) in [5.41, 5.74) is -0.134. The first kappa shape index (κ1) is 18.3. The minimum Gasteiger partial charge on any atom is -0.298 e. The highest BCUT2D eigenvalue weighted by atomic mass is 32.1. The first-order valence-corrected chi connectivity index (χ1v) is 9.23. The molecule has 0 aliphatic carbocycles. The van der Waals surface area contributed by atoms with Gasteiger partial charge in [0.1, 0.15) is 0 Å².